The van der Waals surface area contributed by atoms with Crippen LogP contribution in [0.4, 0.5) is 0 Å². The van der Waals surface area contributed by atoms with Gasteiger partial charge in [0.05, 0.1) is 19.8 Å². The highest BCUT2D eigenvalue weighted by Crippen LogP contribution is 2.59. The number of ketones is 2. The van der Waals surface area contributed by atoms with Crippen LogP contribution in [0.3, 0.4) is 0 Å². The smallest absolute Gasteiger partial charge is 0.265 e. The van der Waals surface area contributed by atoms with Crippen molar-refractivity contribution in [3.63, 3.8) is 0 Å². The molecule has 4 atom stereocenters. The Hall–Kier alpha value is -3.77. The van der Waals surface area contributed by atoms with Crippen LogP contribution < -0.4 is 9.47 Å². The molecule has 48 heavy (non-hydrogen) atoms. The minimum absolute atomic E-state index is 0.0154. The molecule has 3 aliphatic carbocycles. The number of aromatic nitrogens is 1. The number of hydrogen-bond acceptors (Lipinski definition) is 10. The number of hydrogen-bond donors (Lipinski definition) is 2. The monoisotopic (exact) mass is 674 g/mol. The van der Waals surface area contributed by atoms with Crippen molar-refractivity contribution in [1.29, 1.82) is 0 Å². The molecule has 256 valence electrons. The molecule has 3 aromatic rings. The average Bonchev–Trinajstić information content (AvgIpc) is 3.44. The van der Waals surface area contributed by atoms with Crippen molar-refractivity contribution in [3.8, 4) is 11.6 Å². The molecule has 1 aromatic heterocycles. The number of fused-ring (bicyclic) bond motifs is 4. The number of aliphatic hydroxyl groups is 2. The lowest BCUT2D eigenvalue weighted by Gasteiger charge is -2.55. The zero-order chi connectivity index (χ0) is 34.9. The molecule has 0 aliphatic heterocycles. The Kier molecular flexibility index (Phi) is 8.51. The zero-order valence-corrected chi connectivity index (χ0v) is 30.3. The molecule has 11 heteroatoms. The maximum Gasteiger partial charge on any atom is 0.265 e. The summed E-state index contributed by atoms with van der Waals surface area (Å²) < 4.78 is 25.0. The third-order valence-electron chi connectivity index (χ3n) is 10.9. The predicted molar refractivity (Wildman–Crippen MR) is 183 cm³/mol. The van der Waals surface area contributed by atoms with Crippen LogP contribution in [0, 0.1) is 18.8 Å². The molecule has 1 heterocycles. The Bertz CT molecular complexity index is 1810. The van der Waals surface area contributed by atoms with E-state index in [1.807, 2.05) is 69.3 Å². The third kappa shape index (κ3) is 5.05. The molecule has 2 aromatic carbocycles. The molecule has 0 bridgehead atoms. The van der Waals surface area contributed by atoms with Gasteiger partial charge >= 0.3 is 0 Å². The molecular formula is C37H46N2O8Si. The topological polar surface area (TPSA) is 132 Å². The molecule has 1 fully saturated rings. The zero-order valence-electron chi connectivity index (χ0n) is 29.3. The van der Waals surface area contributed by atoms with E-state index in [0.29, 0.717) is 41.0 Å². The van der Waals surface area contributed by atoms with Crippen LogP contribution in [-0.2, 0) is 28.9 Å². The fraction of sp³-hybridized carbons (Fsp3) is 0.486. The van der Waals surface area contributed by atoms with Crippen molar-refractivity contribution in [2.24, 2.45) is 11.8 Å². The van der Waals surface area contributed by atoms with Gasteiger partial charge in [0.1, 0.15) is 23.7 Å². The van der Waals surface area contributed by atoms with Crippen LogP contribution in [-0.4, -0.2) is 67.0 Å². The summed E-state index contributed by atoms with van der Waals surface area (Å²) in [5.74, 6) is -1.51. The van der Waals surface area contributed by atoms with E-state index in [2.05, 4.69) is 25.9 Å². The van der Waals surface area contributed by atoms with Crippen LogP contribution in [0.5, 0.6) is 11.6 Å². The van der Waals surface area contributed by atoms with Gasteiger partial charge in [-0.25, -0.2) is 0 Å². The first-order valence-corrected chi connectivity index (χ1v) is 19.4. The fourth-order valence-corrected chi connectivity index (χ4v) is 9.13. The van der Waals surface area contributed by atoms with E-state index in [1.54, 1.807) is 6.07 Å². The number of methoxy groups -OCH3 is 1. The number of carbonyl (C=O) groups excluding carboxylic acids is 2. The van der Waals surface area contributed by atoms with Crippen LogP contribution in [0.25, 0.3) is 5.76 Å². The Morgan fingerprint density at radius 1 is 1.10 bits per heavy atom. The summed E-state index contributed by atoms with van der Waals surface area (Å²) in [5.41, 5.74) is 1.76. The highest BCUT2D eigenvalue weighted by atomic mass is 28.4. The van der Waals surface area contributed by atoms with Gasteiger partial charge < -0.3 is 28.6 Å². The first-order valence-electron chi connectivity index (χ1n) is 16.4. The molecule has 0 saturated heterocycles. The van der Waals surface area contributed by atoms with Crippen LogP contribution in [0.15, 0.2) is 46.5 Å². The average molecular weight is 675 g/mol. The molecule has 1 saturated carbocycles. The van der Waals surface area contributed by atoms with Gasteiger partial charge in [-0.3, -0.25) is 14.5 Å². The van der Waals surface area contributed by atoms with E-state index < -0.39 is 43.4 Å². The van der Waals surface area contributed by atoms with E-state index in [9.17, 15) is 10.2 Å². The van der Waals surface area contributed by atoms with Gasteiger partial charge in [-0.05, 0) is 80.3 Å². The number of aryl methyl sites for hydroxylation is 1. The van der Waals surface area contributed by atoms with Crippen molar-refractivity contribution in [3.05, 3.63) is 81.1 Å². The fourth-order valence-electron chi connectivity index (χ4n) is 7.68. The van der Waals surface area contributed by atoms with E-state index in [0.717, 1.165) is 11.1 Å². The SMILES string of the molecule is COc1c(CO)cc(C)c2c1C[C@H]1C[C@H]3[C@H](N(C)C)c4onc(OCc5ccccc5)c4C(=O)[C@@]3(O[Si](C)(C)C(C)(C)C)C(=O)C1=C2O. The van der Waals surface area contributed by atoms with Crippen LogP contribution >= 0.6 is 0 Å². The second-order valence-electron chi connectivity index (χ2n) is 15.1. The Labute approximate surface area is 282 Å². The third-order valence-corrected chi connectivity index (χ3v) is 15.4. The van der Waals surface area contributed by atoms with Crippen molar-refractivity contribution < 1.29 is 38.2 Å². The van der Waals surface area contributed by atoms with Gasteiger partial charge in [0.25, 0.3) is 5.88 Å². The van der Waals surface area contributed by atoms with Crippen LogP contribution in [0.1, 0.15) is 77.2 Å². The first-order chi connectivity index (χ1) is 22.6. The minimum atomic E-state index is -2.84. The number of nitrogens with zero attached hydrogens (tertiary/aromatic N) is 2. The predicted octanol–water partition coefficient (Wildman–Crippen LogP) is 6.35. The minimum Gasteiger partial charge on any atom is -0.507 e. The standard InChI is InChI=1S/C37H46N2O8Si/c1-20-15-23(18-40)31(44-7)24-16-22-17-25-29(39(5)6)32-28(35(38-46-32)45-19-21-13-11-10-12-14-21)34(43)37(25,47-48(8,9)36(2,3)4)33(42)27(22)30(41)26(20)24/h10-15,22,25,29,40-41H,16-19H2,1-9H3/t22-,25-,29-,37-/m0/s1. The molecule has 0 unspecified atom stereocenters. The van der Waals surface area contributed by atoms with E-state index in [4.69, 9.17) is 18.4 Å². The normalized spacial score (nSPS) is 23.9. The van der Waals surface area contributed by atoms with Gasteiger partial charge in [-0.15, -0.1) is 0 Å². The maximum atomic E-state index is 15.4. The van der Waals surface area contributed by atoms with E-state index in [-0.39, 0.29) is 41.0 Å². The molecule has 3 aliphatic rings. The van der Waals surface area contributed by atoms with E-state index in [1.165, 1.54) is 7.11 Å². The second kappa shape index (κ2) is 12.0. The van der Waals surface area contributed by atoms with Gasteiger partial charge in [-0.1, -0.05) is 51.1 Å². The lowest BCUT2D eigenvalue weighted by molar-refractivity contribution is -0.140. The molecule has 6 rings (SSSR count). The summed E-state index contributed by atoms with van der Waals surface area (Å²) in [6.45, 7) is 12.0. The molecule has 10 nitrogen and oxygen atoms in total. The number of carbonyl (C=O) groups is 2. The molecule has 0 spiro atoms. The number of Topliss-reactive ketones (excluding diaryl/α,β-unsaturated/α-hetero) is 2. The summed E-state index contributed by atoms with van der Waals surface area (Å²) in [6.07, 6.45) is 0.730. The Balaban J connectivity index is 1.58. The van der Waals surface area contributed by atoms with Crippen molar-refractivity contribution >= 4 is 25.6 Å². The van der Waals surface area contributed by atoms with Crippen molar-refractivity contribution in [1.82, 2.24) is 10.1 Å². The van der Waals surface area contributed by atoms with Gasteiger partial charge in [0.15, 0.2) is 19.7 Å². The summed E-state index contributed by atoms with van der Waals surface area (Å²) >= 11 is 0. The number of benzene rings is 2. The number of rotatable bonds is 8. The van der Waals surface area contributed by atoms with Gasteiger partial charge in [-0.2, -0.15) is 0 Å². The highest BCUT2D eigenvalue weighted by Gasteiger charge is 2.68. The molecule has 0 amide bonds. The first kappa shape index (κ1) is 34.1. The lowest BCUT2D eigenvalue weighted by atomic mass is 9.57. The van der Waals surface area contributed by atoms with Gasteiger partial charge in [0.2, 0.25) is 11.6 Å². The van der Waals surface area contributed by atoms with Crippen molar-refractivity contribution in [2.75, 3.05) is 21.2 Å². The number of ether oxygens (including phenoxy) is 2. The van der Waals surface area contributed by atoms with Crippen LogP contribution in [0.2, 0.25) is 18.1 Å². The Morgan fingerprint density at radius 2 is 1.79 bits per heavy atom. The van der Waals surface area contributed by atoms with E-state index >= 15 is 9.59 Å². The summed E-state index contributed by atoms with van der Waals surface area (Å²) in [6, 6.07) is 10.7. The highest BCUT2D eigenvalue weighted by molar-refractivity contribution is 6.74. The second-order valence-corrected chi connectivity index (χ2v) is 19.8. The lowest BCUT2D eigenvalue weighted by Crippen LogP contribution is -2.68. The summed E-state index contributed by atoms with van der Waals surface area (Å²) in [4.78, 5) is 32.6. The Morgan fingerprint density at radius 3 is 2.40 bits per heavy atom. The quantitative estimate of drug-likeness (QED) is 0.206. The number of aliphatic hydroxyl groups excluding tert-OH is 2. The summed E-state index contributed by atoms with van der Waals surface area (Å²) in [7, 11) is 2.47. The molecule has 0 radical (unpaired) electrons. The van der Waals surface area contributed by atoms with Crippen molar-refractivity contribution in [2.45, 2.75) is 83.5 Å². The summed E-state index contributed by atoms with van der Waals surface area (Å²) in [5, 5.41) is 26.1. The molecular weight excluding hydrogens is 628 g/mol. The van der Waals surface area contributed by atoms with Gasteiger partial charge in [0, 0.05) is 28.2 Å². The largest absolute Gasteiger partial charge is 0.507 e. The maximum absolute atomic E-state index is 15.4. The molecule has 2 N–H and O–H groups in total.